The van der Waals surface area contributed by atoms with Crippen molar-refractivity contribution in [3.8, 4) is 0 Å². The van der Waals surface area contributed by atoms with Gasteiger partial charge in [-0.1, -0.05) is 19.8 Å². The van der Waals surface area contributed by atoms with Gasteiger partial charge in [0.15, 0.2) is 0 Å². The highest BCUT2D eigenvalue weighted by molar-refractivity contribution is 5.95. The zero-order chi connectivity index (χ0) is 15.5. The smallest absolute Gasteiger partial charge is 0.251 e. The van der Waals surface area contributed by atoms with Crippen LogP contribution in [0.2, 0.25) is 0 Å². The van der Waals surface area contributed by atoms with Gasteiger partial charge in [0.1, 0.15) is 0 Å². The Morgan fingerprint density at radius 1 is 1.33 bits per heavy atom. The largest absolute Gasteiger partial charge is 0.378 e. The van der Waals surface area contributed by atoms with Crippen molar-refractivity contribution in [2.75, 3.05) is 25.5 Å². The van der Waals surface area contributed by atoms with Crippen LogP contribution >= 0.6 is 0 Å². The molecule has 0 saturated heterocycles. The molecule has 1 amide bonds. The molecule has 0 aliphatic heterocycles. The van der Waals surface area contributed by atoms with E-state index in [4.69, 9.17) is 5.73 Å². The normalized spacial score (nSPS) is 25.4. The first kappa shape index (κ1) is 15.8. The van der Waals surface area contributed by atoms with E-state index in [9.17, 15) is 4.79 Å². The Morgan fingerprint density at radius 2 is 2.00 bits per heavy atom. The zero-order valence-corrected chi connectivity index (χ0v) is 13.4. The Hall–Kier alpha value is -1.55. The van der Waals surface area contributed by atoms with E-state index in [1.807, 2.05) is 43.3 Å². The van der Waals surface area contributed by atoms with E-state index in [0.717, 1.165) is 24.9 Å². The van der Waals surface area contributed by atoms with Crippen molar-refractivity contribution in [2.24, 2.45) is 11.7 Å². The van der Waals surface area contributed by atoms with Gasteiger partial charge < -0.3 is 16.0 Å². The molecule has 1 aromatic carbocycles. The molecule has 1 aromatic rings. The quantitative estimate of drug-likeness (QED) is 0.895. The van der Waals surface area contributed by atoms with E-state index in [1.165, 1.54) is 6.42 Å². The molecule has 1 fully saturated rings. The highest BCUT2D eigenvalue weighted by Crippen LogP contribution is 2.33. The summed E-state index contributed by atoms with van der Waals surface area (Å²) in [5.74, 6) is 0.417. The van der Waals surface area contributed by atoms with Crippen LogP contribution in [0.1, 0.15) is 43.0 Å². The van der Waals surface area contributed by atoms with Gasteiger partial charge in [-0.2, -0.15) is 0 Å². The van der Waals surface area contributed by atoms with Crippen molar-refractivity contribution < 1.29 is 4.79 Å². The molecule has 0 bridgehead atoms. The number of nitrogens with one attached hydrogen (secondary N) is 1. The van der Waals surface area contributed by atoms with Gasteiger partial charge in [0, 0.05) is 31.9 Å². The van der Waals surface area contributed by atoms with Crippen molar-refractivity contribution in [3.05, 3.63) is 29.8 Å². The second-order valence-electron chi connectivity index (χ2n) is 6.40. The van der Waals surface area contributed by atoms with Gasteiger partial charge in [0.05, 0.1) is 5.54 Å². The maximum atomic E-state index is 12.5. The number of nitrogens with zero attached hydrogens (tertiary/aromatic N) is 1. The van der Waals surface area contributed by atoms with Gasteiger partial charge in [-0.15, -0.1) is 0 Å². The molecule has 4 nitrogen and oxygen atoms in total. The molecule has 1 saturated carbocycles. The Labute approximate surface area is 127 Å². The number of benzene rings is 1. The van der Waals surface area contributed by atoms with Crippen LogP contribution in [0.5, 0.6) is 0 Å². The maximum Gasteiger partial charge on any atom is 0.251 e. The average Bonchev–Trinajstić information content (AvgIpc) is 2.49. The minimum absolute atomic E-state index is 0.0143. The lowest BCUT2D eigenvalue weighted by molar-refractivity contribution is 0.0813. The third kappa shape index (κ3) is 3.38. The summed E-state index contributed by atoms with van der Waals surface area (Å²) in [5.41, 5.74) is 7.55. The average molecular weight is 289 g/mol. The number of rotatable bonds is 4. The molecule has 1 aliphatic rings. The standard InChI is InChI=1S/C17H27N3O/c1-13-6-4-5-11-17(13,12-18)19-16(21)14-7-9-15(10-8-14)20(2)3/h7-10,13H,4-6,11-12,18H2,1-3H3,(H,19,21). The number of nitrogens with two attached hydrogens (primary N) is 1. The molecule has 21 heavy (non-hydrogen) atoms. The molecule has 1 aliphatic carbocycles. The molecule has 2 atom stereocenters. The SMILES string of the molecule is CC1CCCCC1(CN)NC(=O)c1ccc(N(C)C)cc1. The fourth-order valence-corrected chi connectivity index (χ4v) is 3.16. The van der Waals surface area contributed by atoms with Gasteiger partial charge in [0.2, 0.25) is 0 Å². The maximum absolute atomic E-state index is 12.5. The van der Waals surface area contributed by atoms with E-state index >= 15 is 0 Å². The molecule has 0 spiro atoms. The predicted molar refractivity (Wildman–Crippen MR) is 87.7 cm³/mol. The van der Waals surface area contributed by atoms with Crippen molar-refractivity contribution in [1.82, 2.24) is 5.32 Å². The van der Waals surface area contributed by atoms with Crippen LogP contribution in [0.25, 0.3) is 0 Å². The summed E-state index contributed by atoms with van der Waals surface area (Å²) in [7, 11) is 3.98. The van der Waals surface area contributed by atoms with E-state index in [1.54, 1.807) is 0 Å². The minimum atomic E-state index is -0.241. The first-order valence-corrected chi connectivity index (χ1v) is 7.78. The van der Waals surface area contributed by atoms with Gasteiger partial charge in [-0.05, 0) is 43.0 Å². The number of carbonyl (C=O) groups is 1. The monoisotopic (exact) mass is 289 g/mol. The molecular weight excluding hydrogens is 262 g/mol. The number of amides is 1. The lowest BCUT2D eigenvalue weighted by Crippen LogP contribution is -2.59. The molecule has 0 radical (unpaired) electrons. The topological polar surface area (TPSA) is 58.4 Å². The number of carbonyl (C=O) groups excluding carboxylic acids is 1. The van der Waals surface area contributed by atoms with E-state index < -0.39 is 0 Å². The van der Waals surface area contributed by atoms with Crippen molar-refractivity contribution in [3.63, 3.8) is 0 Å². The van der Waals surface area contributed by atoms with E-state index in [0.29, 0.717) is 18.0 Å². The van der Waals surface area contributed by atoms with E-state index in [2.05, 4.69) is 12.2 Å². The molecule has 116 valence electrons. The summed E-state index contributed by atoms with van der Waals surface area (Å²) in [6.45, 7) is 2.71. The molecule has 2 rings (SSSR count). The summed E-state index contributed by atoms with van der Waals surface area (Å²) in [5, 5.41) is 3.22. The minimum Gasteiger partial charge on any atom is -0.378 e. The van der Waals surface area contributed by atoms with Gasteiger partial charge in [-0.3, -0.25) is 4.79 Å². The lowest BCUT2D eigenvalue weighted by Gasteiger charge is -2.42. The third-order valence-corrected chi connectivity index (χ3v) is 4.83. The molecule has 0 heterocycles. The van der Waals surface area contributed by atoms with Gasteiger partial charge >= 0.3 is 0 Å². The molecule has 4 heteroatoms. The molecule has 3 N–H and O–H groups in total. The first-order valence-electron chi connectivity index (χ1n) is 7.78. The molecule has 2 unspecified atom stereocenters. The van der Waals surface area contributed by atoms with Crippen LogP contribution in [-0.2, 0) is 0 Å². The fraction of sp³-hybridized carbons (Fsp3) is 0.588. The fourth-order valence-electron chi connectivity index (χ4n) is 3.16. The van der Waals surface area contributed by atoms with Crippen molar-refractivity contribution in [2.45, 2.75) is 38.1 Å². The van der Waals surface area contributed by atoms with Crippen LogP contribution in [-0.4, -0.2) is 32.1 Å². The summed E-state index contributed by atoms with van der Waals surface area (Å²) >= 11 is 0. The number of hydrogen-bond donors (Lipinski definition) is 2. The van der Waals surface area contributed by atoms with Crippen molar-refractivity contribution >= 4 is 11.6 Å². The summed E-state index contributed by atoms with van der Waals surface area (Å²) in [4.78, 5) is 14.5. The number of hydrogen-bond acceptors (Lipinski definition) is 3. The predicted octanol–water partition coefficient (Wildman–Crippen LogP) is 2.39. The Bertz CT molecular complexity index is 483. The van der Waals surface area contributed by atoms with Gasteiger partial charge in [-0.25, -0.2) is 0 Å². The molecule has 0 aromatic heterocycles. The Kier molecular flexibility index (Phi) is 4.88. The zero-order valence-electron chi connectivity index (χ0n) is 13.4. The van der Waals surface area contributed by atoms with Crippen LogP contribution in [0, 0.1) is 5.92 Å². The Morgan fingerprint density at radius 3 is 2.52 bits per heavy atom. The van der Waals surface area contributed by atoms with Crippen LogP contribution < -0.4 is 16.0 Å². The number of anilines is 1. The van der Waals surface area contributed by atoms with E-state index in [-0.39, 0.29) is 11.4 Å². The first-order chi connectivity index (χ1) is 9.98. The second kappa shape index (κ2) is 6.48. The second-order valence-corrected chi connectivity index (χ2v) is 6.40. The highest BCUT2D eigenvalue weighted by Gasteiger charge is 2.38. The summed E-state index contributed by atoms with van der Waals surface area (Å²) in [6.07, 6.45) is 4.49. The van der Waals surface area contributed by atoms with Gasteiger partial charge in [0.25, 0.3) is 5.91 Å². The summed E-state index contributed by atoms with van der Waals surface area (Å²) < 4.78 is 0. The van der Waals surface area contributed by atoms with Crippen molar-refractivity contribution in [1.29, 1.82) is 0 Å². The molecular formula is C17H27N3O. The lowest BCUT2D eigenvalue weighted by atomic mass is 9.73. The Balaban J connectivity index is 2.12. The van der Waals surface area contributed by atoms with Crippen LogP contribution in [0.3, 0.4) is 0 Å². The van der Waals surface area contributed by atoms with Crippen LogP contribution in [0.4, 0.5) is 5.69 Å². The highest BCUT2D eigenvalue weighted by atomic mass is 16.1. The third-order valence-electron chi connectivity index (χ3n) is 4.83. The van der Waals surface area contributed by atoms with Crippen LogP contribution in [0.15, 0.2) is 24.3 Å². The summed E-state index contributed by atoms with van der Waals surface area (Å²) in [6, 6.07) is 7.69.